The molecule has 0 saturated carbocycles. The number of phosphoric ester groups is 1. The molecule has 2 bridgehead atoms. The zero-order chi connectivity index (χ0) is 28.6. The van der Waals surface area contributed by atoms with Gasteiger partial charge in [-0.15, -0.1) is 0 Å². The maximum atomic E-state index is 16.0. The van der Waals surface area contributed by atoms with Gasteiger partial charge in [0.2, 0.25) is 5.95 Å². The summed E-state index contributed by atoms with van der Waals surface area (Å²) in [5, 5.41) is 11.1. The van der Waals surface area contributed by atoms with E-state index in [2.05, 4.69) is 29.9 Å². The number of hydrogen-bond donors (Lipinski definition) is 5. The van der Waals surface area contributed by atoms with Gasteiger partial charge in [-0.05, 0) is 12.8 Å². The summed E-state index contributed by atoms with van der Waals surface area (Å²) in [5.41, 5.74) is 4.55. The average molecular weight is 595 g/mol. The van der Waals surface area contributed by atoms with Gasteiger partial charge in [0, 0.05) is 5.92 Å². The second kappa shape index (κ2) is 9.48. The minimum atomic E-state index is -4.89. The number of rotatable bonds is 2. The highest BCUT2D eigenvalue weighted by Gasteiger charge is 2.53. The van der Waals surface area contributed by atoms with Gasteiger partial charge < -0.3 is 30.2 Å². The summed E-state index contributed by atoms with van der Waals surface area (Å²) in [5.74, 6) is -1.08. The lowest BCUT2D eigenvalue weighted by molar-refractivity contribution is -0.0579. The fourth-order valence-electron chi connectivity index (χ4n) is 5.68. The second-order valence-electron chi connectivity index (χ2n) is 9.97. The molecule has 0 amide bonds. The number of alkyl halides is 1. The molecule has 0 spiro atoms. The van der Waals surface area contributed by atoms with E-state index in [1.165, 1.54) is 21.8 Å². The topological polar surface area (TPSA) is 248 Å². The summed E-state index contributed by atoms with van der Waals surface area (Å²) in [6, 6.07) is 0. The zero-order valence-corrected chi connectivity index (χ0v) is 21.7. The van der Waals surface area contributed by atoms with Crippen molar-refractivity contribution in [1.82, 2.24) is 39.0 Å². The number of imidazole rings is 2. The first-order valence-electron chi connectivity index (χ1n) is 12.5. The Bertz CT molecular complexity index is 1810. The molecule has 4 aromatic heterocycles. The maximum Gasteiger partial charge on any atom is 0.472 e. The number of H-pyrrole nitrogens is 2. The van der Waals surface area contributed by atoms with Crippen LogP contribution in [0.25, 0.3) is 22.3 Å². The number of phosphoric acid groups is 1. The maximum absolute atomic E-state index is 16.0. The van der Waals surface area contributed by atoms with Crippen LogP contribution >= 0.6 is 7.82 Å². The molecular formula is C21H23FN9O9P. The number of fused-ring (bicyclic) bond motifs is 5. The number of nitrogens with one attached hydrogen (secondary N) is 2. The molecule has 18 nitrogen and oxygen atoms in total. The number of nitrogen functional groups attached to an aromatic ring is 1. The quantitative estimate of drug-likeness (QED) is 0.179. The van der Waals surface area contributed by atoms with Crippen molar-refractivity contribution in [2.75, 3.05) is 12.3 Å². The third-order valence-corrected chi connectivity index (χ3v) is 8.58. The van der Waals surface area contributed by atoms with Crippen LogP contribution in [0.1, 0.15) is 25.3 Å². The first-order chi connectivity index (χ1) is 19.6. The highest BCUT2D eigenvalue weighted by atomic mass is 31.2. The molecule has 4 aromatic rings. The summed E-state index contributed by atoms with van der Waals surface area (Å²) < 4.78 is 54.0. The van der Waals surface area contributed by atoms with Crippen molar-refractivity contribution < 1.29 is 37.5 Å². The molecular weight excluding hydrogens is 572 g/mol. The molecule has 0 aromatic carbocycles. The van der Waals surface area contributed by atoms with Gasteiger partial charge in [-0.2, -0.15) is 4.98 Å². The van der Waals surface area contributed by atoms with Crippen molar-refractivity contribution in [3.63, 3.8) is 0 Å². The van der Waals surface area contributed by atoms with E-state index in [-0.39, 0.29) is 41.1 Å². The lowest BCUT2D eigenvalue weighted by Gasteiger charge is -2.25. The largest absolute Gasteiger partial charge is 0.472 e. The molecule has 7 heterocycles. The molecule has 2 unspecified atom stereocenters. The summed E-state index contributed by atoms with van der Waals surface area (Å²) in [7, 11) is -4.89. The highest BCUT2D eigenvalue weighted by molar-refractivity contribution is 7.47. The fourth-order valence-corrected chi connectivity index (χ4v) is 6.61. The summed E-state index contributed by atoms with van der Waals surface area (Å²) in [6.07, 6.45) is -5.31. The van der Waals surface area contributed by atoms with Crippen LogP contribution in [0.3, 0.4) is 0 Å². The van der Waals surface area contributed by atoms with Crippen LogP contribution in [0, 0.1) is 5.92 Å². The summed E-state index contributed by atoms with van der Waals surface area (Å²) in [4.78, 5) is 55.7. The van der Waals surface area contributed by atoms with Gasteiger partial charge in [-0.25, -0.2) is 23.9 Å². The van der Waals surface area contributed by atoms with E-state index in [1.54, 1.807) is 0 Å². The summed E-state index contributed by atoms with van der Waals surface area (Å²) in [6.45, 7) is -0.517. The van der Waals surface area contributed by atoms with Crippen molar-refractivity contribution >= 4 is 36.1 Å². The van der Waals surface area contributed by atoms with Crippen molar-refractivity contribution in [2.24, 2.45) is 5.92 Å². The van der Waals surface area contributed by atoms with Gasteiger partial charge in [0.25, 0.3) is 11.1 Å². The van der Waals surface area contributed by atoms with Gasteiger partial charge in [0.1, 0.15) is 12.2 Å². The molecule has 41 heavy (non-hydrogen) atoms. The zero-order valence-electron chi connectivity index (χ0n) is 20.8. The molecule has 3 fully saturated rings. The van der Waals surface area contributed by atoms with Gasteiger partial charge in [0.15, 0.2) is 41.0 Å². The monoisotopic (exact) mass is 595 g/mol. The molecule has 3 aliphatic heterocycles. The fraction of sp³-hybridized carbons (Fsp3) is 0.524. The number of hydrogen-bond acceptors (Lipinski definition) is 13. The number of aromatic nitrogens is 8. The van der Waals surface area contributed by atoms with Crippen molar-refractivity contribution in [3.8, 4) is 0 Å². The van der Waals surface area contributed by atoms with Crippen molar-refractivity contribution in [3.05, 3.63) is 39.7 Å². The van der Waals surface area contributed by atoms with Crippen LogP contribution in [0.2, 0.25) is 0 Å². The molecule has 9 atom stereocenters. The molecule has 218 valence electrons. The molecule has 0 radical (unpaired) electrons. The number of aliphatic hydroxyl groups is 1. The van der Waals surface area contributed by atoms with Crippen LogP contribution in [-0.4, -0.2) is 86.2 Å². The number of aliphatic hydroxyl groups excluding tert-OH is 1. The molecule has 20 heteroatoms. The minimum absolute atomic E-state index is 0.00518. The second-order valence-corrected chi connectivity index (χ2v) is 11.4. The molecule has 6 N–H and O–H groups in total. The van der Waals surface area contributed by atoms with Crippen molar-refractivity contribution in [1.29, 1.82) is 0 Å². The Morgan fingerprint density at radius 3 is 2.51 bits per heavy atom. The first-order valence-corrected chi connectivity index (χ1v) is 14.0. The van der Waals surface area contributed by atoms with Gasteiger partial charge >= 0.3 is 7.82 Å². The van der Waals surface area contributed by atoms with Crippen LogP contribution in [0.4, 0.5) is 10.3 Å². The highest BCUT2D eigenvalue weighted by Crippen LogP contribution is 2.52. The van der Waals surface area contributed by atoms with Gasteiger partial charge in [-0.3, -0.25) is 32.8 Å². The van der Waals surface area contributed by atoms with E-state index in [0.717, 1.165) is 6.33 Å². The van der Waals surface area contributed by atoms with E-state index in [4.69, 9.17) is 24.3 Å². The molecule has 3 saturated heterocycles. The van der Waals surface area contributed by atoms with Gasteiger partial charge in [-0.1, -0.05) is 0 Å². The number of nitrogens with zero attached hydrogens (tertiary/aromatic N) is 6. The molecule has 0 aliphatic carbocycles. The lowest BCUT2D eigenvalue weighted by atomic mass is 9.91. The van der Waals surface area contributed by atoms with E-state index in [0.29, 0.717) is 0 Å². The van der Waals surface area contributed by atoms with E-state index >= 15 is 4.39 Å². The molecule has 7 rings (SSSR count). The van der Waals surface area contributed by atoms with Crippen molar-refractivity contribution in [2.45, 2.75) is 55.9 Å². The van der Waals surface area contributed by atoms with Crippen LogP contribution < -0.4 is 16.9 Å². The smallest absolute Gasteiger partial charge is 0.387 e. The number of ether oxygens (including phenoxy) is 2. The number of nitrogens with two attached hydrogens (primary N) is 1. The van der Waals surface area contributed by atoms with Gasteiger partial charge in [0.05, 0.1) is 37.8 Å². The Morgan fingerprint density at radius 1 is 1.02 bits per heavy atom. The Labute approximate surface area is 226 Å². The Morgan fingerprint density at radius 2 is 1.73 bits per heavy atom. The first kappa shape index (κ1) is 26.3. The average Bonchev–Trinajstić information content (AvgIpc) is 3.67. The number of halogens is 1. The van der Waals surface area contributed by atoms with E-state index < -0.39 is 74.5 Å². The summed E-state index contributed by atoms with van der Waals surface area (Å²) >= 11 is 0. The lowest BCUT2D eigenvalue weighted by Crippen LogP contribution is -2.34. The third kappa shape index (κ3) is 4.28. The Kier molecular flexibility index (Phi) is 6.09. The Balaban J connectivity index is 1.21. The number of anilines is 1. The standard InChI is InChI=1S/C21H23FN9O9P/c22-10-7-1-2-8-13(32)14(20(38-8)31-6-27-12-16(31)28-21(23)29-18(12)34)40-41(35,36)37-3-9(7)39-19(10)30-5-26-11-15(30)24-4-25-17(11)33/h4-10,13-14,19-20,32H,1-3H2,(H,35,36)(H,24,25,33)(H3,23,28,29,34)/t7-,8?,9-,10-,13-,14-,19-,20-/m1/s1. The molecule has 3 aliphatic rings. The minimum Gasteiger partial charge on any atom is -0.387 e. The predicted molar refractivity (Wildman–Crippen MR) is 133 cm³/mol. The normalized spacial score (nSPS) is 36.0. The third-order valence-electron chi connectivity index (χ3n) is 7.59. The predicted octanol–water partition coefficient (Wildman–Crippen LogP) is -0.759. The van der Waals surface area contributed by atoms with Crippen LogP contribution in [-0.2, 0) is 23.1 Å². The van der Waals surface area contributed by atoms with E-state index in [1.807, 2.05) is 0 Å². The number of aromatic amines is 2. The van der Waals surface area contributed by atoms with Crippen LogP contribution in [0.15, 0.2) is 28.6 Å². The van der Waals surface area contributed by atoms with Crippen LogP contribution in [0.5, 0.6) is 0 Å². The Hall–Kier alpha value is -3.58. The van der Waals surface area contributed by atoms with E-state index in [9.17, 15) is 24.2 Å². The SMILES string of the molecule is Nc1nc2c(ncn2[C@@H]2OC3CC[C@H]4[C@@H](F)[C@H](n5cnc6c(=O)[nH]cnc65)O[C@@H]4COP(=O)(O)O[C@@H]2[C@@H]3O)c(=O)[nH]1.